The lowest BCUT2D eigenvalue weighted by Gasteiger charge is -2.15. The Balaban J connectivity index is 1.94. The fourth-order valence-electron chi connectivity index (χ4n) is 1.75. The Labute approximate surface area is 114 Å². The van der Waals surface area contributed by atoms with Crippen LogP contribution in [0.2, 0.25) is 0 Å². The van der Waals surface area contributed by atoms with Crippen molar-refractivity contribution in [1.29, 1.82) is 0 Å². The molecule has 1 N–H and O–H groups in total. The highest BCUT2D eigenvalue weighted by Gasteiger charge is 2.05. The van der Waals surface area contributed by atoms with E-state index >= 15 is 0 Å². The van der Waals surface area contributed by atoms with Gasteiger partial charge < -0.3 is 9.40 Å². The Bertz CT molecular complexity index is 477. The number of hydrogen-bond acceptors (Lipinski definition) is 3. The van der Waals surface area contributed by atoms with Crippen molar-refractivity contribution in [3.8, 4) is 5.69 Å². The Morgan fingerprint density at radius 3 is 2.53 bits per heavy atom. The maximum Gasteiger partial charge on any atom is 0.0991 e. The van der Waals surface area contributed by atoms with Crippen molar-refractivity contribution in [3.05, 3.63) is 48.5 Å². The lowest BCUT2D eigenvalue weighted by molar-refractivity contribution is 0.00409. The highest BCUT2D eigenvalue weighted by molar-refractivity contribution is 5.35. The zero-order valence-corrected chi connectivity index (χ0v) is 11.7. The molecule has 4 nitrogen and oxygen atoms in total. The molecule has 0 saturated heterocycles. The predicted molar refractivity (Wildman–Crippen MR) is 75.9 cm³/mol. The van der Waals surface area contributed by atoms with E-state index in [1.54, 1.807) is 12.5 Å². The van der Waals surface area contributed by atoms with E-state index in [9.17, 15) is 0 Å². The minimum absolute atomic E-state index is 0.176. The number of hydrogen-bond donors (Lipinski definition) is 1. The van der Waals surface area contributed by atoms with E-state index in [0.29, 0.717) is 5.92 Å². The minimum Gasteiger partial charge on any atom is -0.306 e. The number of imidazole rings is 1. The Morgan fingerprint density at radius 1 is 1.21 bits per heavy atom. The summed E-state index contributed by atoms with van der Waals surface area (Å²) < 4.78 is 1.98. The second kappa shape index (κ2) is 6.50. The van der Waals surface area contributed by atoms with Gasteiger partial charge >= 0.3 is 0 Å². The van der Waals surface area contributed by atoms with Gasteiger partial charge in [-0.3, -0.25) is 0 Å². The second-order valence-electron chi connectivity index (χ2n) is 5.11. The number of hydroxylamine groups is 1. The molecule has 2 aromatic rings. The van der Waals surface area contributed by atoms with Gasteiger partial charge in [0.05, 0.1) is 19.0 Å². The van der Waals surface area contributed by atoms with Crippen molar-refractivity contribution in [2.75, 3.05) is 6.61 Å². The highest BCUT2D eigenvalue weighted by Crippen LogP contribution is 2.15. The third kappa shape index (κ3) is 3.91. The first-order chi connectivity index (χ1) is 9.16. The van der Waals surface area contributed by atoms with Gasteiger partial charge in [-0.2, -0.15) is 5.48 Å². The molecule has 0 spiro atoms. The molecule has 0 saturated carbocycles. The fourth-order valence-corrected chi connectivity index (χ4v) is 1.75. The molecule has 0 fully saturated rings. The molecule has 19 heavy (non-hydrogen) atoms. The van der Waals surface area contributed by atoms with Crippen molar-refractivity contribution in [2.45, 2.75) is 26.8 Å². The Hall–Kier alpha value is -1.65. The average Bonchev–Trinajstić information content (AvgIpc) is 2.92. The van der Waals surface area contributed by atoms with Crippen molar-refractivity contribution in [1.82, 2.24) is 15.0 Å². The van der Waals surface area contributed by atoms with E-state index in [1.165, 1.54) is 5.56 Å². The average molecular weight is 259 g/mol. The molecule has 0 bridgehead atoms. The second-order valence-corrected chi connectivity index (χ2v) is 5.11. The minimum atomic E-state index is 0.176. The van der Waals surface area contributed by atoms with E-state index in [2.05, 4.69) is 55.5 Å². The van der Waals surface area contributed by atoms with Crippen LogP contribution in [0.5, 0.6) is 0 Å². The predicted octanol–water partition coefficient (Wildman–Crippen LogP) is 3.11. The summed E-state index contributed by atoms with van der Waals surface area (Å²) in [4.78, 5) is 9.49. The molecule has 0 aliphatic rings. The summed E-state index contributed by atoms with van der Waals surface area (Å²) in [5, 5.41) is 0. The summed E-state index contributed by atoms with van der Waals surface area (Å²) in [5.74, 6) is 0.531. The van der Waals surface area contributed by atoms with Crippen LogP contribution in [0.25, 0.3) is 5.69 Å². The van der Waals surface area contributed by atoms with E-state index in [-0.39, 0.29) is 6.04 Å². The van der Waals surface area contributed by atoms with Gasteiger partial charge in [-0.05, 0) is 30.5 Å². The quantitative estimate of drug-likeness (QED) is 0.810. The number of rotatable bonds is 6. The lowest BCUT2D eigenvalue weighted by Crippen LogP contribution is -2.21. The zero-order chi connectivity index (χ0) is 13.7. The number of nitrogens with one attached hydrogen (secondary N) is 1. The SMILES string of the molecule is CC(C)CONC(C)c1ccc(-n2ccnc2)cc1. The maximum absolute atomic E-state index is 5.45. The van der Waals surface area contributed by atoms with Gasteiger partial charge in [0.15, 0.2) is 0 Å². The number of benzene rings is 1. The molecule has 0 aliphatic carbocycles. The normalized spacial score (nSPS) is 12.8. The molecule has 2 rings (SSSR count). The molecular formula is C15H21N3O. The highest BCUT2D eigenvalue weighted by atomic mass is 16.6. The third-order valence-corrected chi connectivity index (χ3v) is 2.87. The van der Waals surface area contributed by atoms with Gasteiger partial charge in [-0.15, -0.1) is 0 Å². The number of nitrogens with zero attached hydrogens (tertiary/aromatic N) is 2. The van der Waals surface area contributed by atoms with Crippen molar-refractivity contribution < 1.29 is 4.84 Å². The van der Waals surface area contributed by atoms with Crippen molar-refractivity contribution in [3.63, 3.8) is 0 Å². The first kappa shape index (κ1) is 13.8. The molecule has 0 radical (unpaired) electrons. The van der Waals surface area contributed by atoms with Crippen molar-refractivity contribution in [2.24, 2.45) is 5.92 Å². The third-order valence-electron chi connectivity index (χ3n) is 2.87. The molecule has 1 aromatic carbocycles. The van der Waals surface area contributed by atoms with Gasteiger partial charge in [0.25, 0.3) is 0 Å². The van der Waals surface area contributed by atoms with Crippen LogP contribution in [-0.2, 0) is 4.84 Å². The topological polar surface area (TPSA) is 39.1 Å². The first-order valence-electron chi connectivity index (χ1n) is 6.62. The summed E-state index contributed by atoms with van der Waals surface area (Å²) in [6, 6.07) is 8.54. The van der Waals surface area contributed by atoms with E-state index in [1.807, 2.05) is 10.8 Å². The standard InChI is InChI=1S/C15H21N3O/c1-12(2)10-19-17-13(3)14-4-6-15(7-5-14)18-9-8-16-11-18/h4-9,11-13,17H,10H2,1-3H3. The molecule has 1 unspecified atom stereocenters. The fraction of sp³-hybridized carbons (Fsp3) is 0.400. The van der Waals surface area contributed by atoms with E-state index in [0.717, 1.165) is 12.3 Å². The zero-order valence-electron chi connectivity index (χ0n) is 11.7. The summed E-state index contributed by atoms with van der Waals surface area (Å²) in [6.07, 6.45) is 5.50. The lowest BCUT2D eigenvalue weighted by atomic mass is 10.1. The molecule has 0 aliphatic heterocycles. The first-order valence-corrected chi connectivity index (χ1v) is 6.62. The van der Waals surface area contributed by atoms with Gasteiger partial charge in [-0.25, -0.2) is 4.98 Å². The molecule has 102 valence electrons. The molecule has 0 amide bonds. The summed E-state index contributed by atoms with van der Waals surface area (Å²) in [6.45, 7) is 7.07. The van der Waals surface area contributed by atoms with E-state index < -0.39 is 0 Å². The molecule has 1 heterocycles. The van der Waals surface area contributed by atoms with Crippen LogP contribution in [0.1, 0.15) is 32.4 Å². The van der Waals surface area contributed by atoms with Gasteiger partial charge in [0.1, 0.15) is 0 Å². The largest absolute Gasteiger partial charge is 0.306 e. The molecule has 1 atom stereocenters. The van der Waals surface area contributed by atoms with Crippen LogP contribution in [0.3, 0.4) is 0 Å². The van der Waals surface area contributed by atoms with Crippen LogP contribution >= 0.6 is 0 Å². The Kier molecular flexibility index (Phi) is 4.71. The van der Waals surface area contributed by atoms with Crippen LogP contribution in [0, 0.1) is 5.92 Å². The van der Waals surface area contributed by atoms with E-state index in [4.69, 9.17) is 4.84 Å². The van der Waals surface area contributed by atoms with Crippen LogP contribution in [0.4, 0.5) is 0 Å². The summed E-state index contributed by atoms with van der Waals surface area (Å²) in [7, 11) is 0. The Morgan fingerprint density at radius 2 is 1.95 bits per heavy atom. The van der Waals surface area contributed by atoms with Crippen LogP contribution in [0.15, 0.2) is 43.0 Å². The van der Waals surface area contributed by atoms with Crippen molar-refractivity contribution >= 4 is 0 Å². The molecule has 1 aromatic heterocycles. The monoisotopic (exact) mass is 259 g/mol. The number of aromatic nitrogens is 2. The summed E-state index contributed by atoms with van der Waals surface area (Å²) >= 11 is 0. The van der Waals surface area contributed by atoms with Crippen LogP contribution in [-0.4, -0.2) is 16.2 Å². The van der Waals surface area contributed by atoms with Gasteiger partial charge in [0.2, 0.25) is 0 Å². The van der Waals surface area contributed by atoms with Gasteiger partial charge in [0, 0.05) is 18.1 Å². The molecule has 4 heteroatoms. The van der Waals surface area contributed by atoms with Gasteiger partial charge in [-0.1, -0.05) is 26.0 Å². The smallest absolute Gasteiger partial charge is 0.0991 e. The van der Waals surface area contributed by atoms with Crippen LogP contribution < -0.4 is 5.48 Å². The maximum atomic E-state index is 5.45. The summed E-state index contributed by atoms with van der Waals surface area (Å²) in [5.41, 5.74) is 5.37. The molecular weight excluding hydrogens is 238 g/mol.